The third kappa shape index (κ3) is 5.99. The van der Waals surface area contributed by atoms with E-state index in [1.54, 1.807) is 0 Å². The Kier molecular flexibility index (Phi) is 8.98. The van der Waals surface area contributed by atoms with Crippen LogP contribution in [-0.2, 0) is 16.2 Å². The zero-order valence-corrected chi connectivity index (χ0v) is 42.2. The Morgan fingerprint density at radius 1 is 0.479 bits per heavy atom. The third-order valence-electron chi connectivity index (χ3n) is 16.3. The number of benzene rings is 9. The molecule has 0 N–H and O–H groups in total. The highest BCUT2D eigenvalue weighted by Gasteiger charge is 2.50. The van der Waals surface area contributed by atoms with Crippen LogP contribution in [0, 0.1) is 0 Å². The summed E-state index contributed by atoms with van der Waals surface area (Å²) in [5.41, 5.74) is 25.0. The Hall–Kier alpha value is -7.47. The standard InChI is InChI=1S/C66H54BN3S/c1-64(2,3)42-34-35-55(49(36-42)41-22-11-8-12-23-41)69-56-40-59-53(65(4,5)52-32-19-20-33-58(52)71-59)39-54(56)67-61-50(37-45(38-57(61)69)68(43-24-13-9-14-25-43)44-26-15-10-16-27-44)46-29-21-30-48-60-47-28-17-18-31-51(47)66(6,7)63(60)70(67)62(46)48/h8-40H,1-7H3. The van der Waals surface area contributed by atoms with Crippen molar-refractivity contribution in [3.05, 3.63) is 228 Å². The molecule has 10 aromatic rings. The number of hydrogen-bond acceptors (Lipinski definition) is 3. The number of hydrogen-bond donors (Lipinski definition) is 0. The number of rotatable bonds is 5. The normalized spacial score (nSPS) is 15.1. The molecule has 0 unspecified atom stereocenters. The molecule has 0 atom stereocenters. The Balaban J connectivity index is 1.16. The number of nitrogens with zero attached hydrogens (tertiary/aromatic N) is 3. The van der Waals surface area contributed by atoms with Crippen molar-refractivity contribution in [2.75, 3.05) is 9.80 Å². The molecule has 342 valence electrons. The fourth-order valence-electron chi connectivity index (χ4n) is 12.9. The molecule has 1 aromatic heterocycles. The molecule has 0 amide bonds. The van der Waals surface area contributed by atoms with Crippen molar-refractivity contribution in [3.8, 4) is 33.4 Å². The lowest BCUT2D eigenvalue weighted by molar-refractivity contribution is 0.590. The van der Waals surface area contributed by atoms with Gasteiger partial charge in [-0.2, -0.15) is 0 Å². The van der Waals surface area contributed by atoms with E-state index in [1.165, 1.54) is 110 Å². The van der Waals surface area contributed by atoms with Crippen molar-refractivity contribution in [1.29, 1.82) is 0 Å². The summed E-state index contributed by atoms with van der Waals surface area (Å²) < 4.78 is 2.82. The van der Waals surface area contributed by atoms with Gasteiger partial charge in [-0.1, -0.05) is 200 Å². The van der Waals surface area contributed by atoms with E-state index < -0.39 is 0 Å². The third-order valence-corrected chi connectivity index (χ3v) is 17.4. The van der Waals surface area contributed by atoms with Crippen molar-refractivity contribution in [1.82, 2.24) is 4.48 Å². The van der Waals surface area contributed by atoms with Crippen LogP contribution >= 0.6 is 11.8 Å². The molecule has 0 bridgehead atoms. The van der Waals surface area contributed by atoms with Gasteiger partial charge in [-0.05, 0) is 116 Å². The number of para-hydroxylation sites is 3. The fraction of sp³-hybridized carbons (Fsp3) is 0.152. The molecule has 9 aromatic carbocycles. The van der Waals surface area contributed by atoms with E-state index in [2.05, 4.69) is 263 Å². The van der Waals surface area contributed by atoms with Crippen LogP contribution in [0.3, 0.4) is 0 Å². The second kappa shape index (κ2) is 15.0. The van der Waals surface area contributed by atoms with Gasteiger partial charge in [0.25, 0.3) is 0 Å². The van der Waals surface area contributed by atoms with E-state index in [-0.39, 0.29) is 23.1 Å². The quantitative estimate of drug-likeness (QED) is 0.159. The first kappa shape index (κ1) is 42.4. The summed E-state index contributed by atoms with van der Waals surface area (Å²) >= 11 is 1.93. The summed E-state index contributed by atoms with van der Waals surface area (Å²) in [5.74, 6) is 0. The molecule has 0 spiro atoms. The van der Waals surface area contributed by atoms with E-state index in [4.69, 9.17) is 0 Å². The minimum Gasteiger partial charge on any atom is -0.378 e. The maximum absolute atomic E-state index is 2.82. The first-order chi connectivity index (χ1) is 34.4. The van der Waals surface area contributed by atoms with Crippen molar-refractivity contribution in [2.24, 2.45) is 0 Å². The molecule has 14 rings (SSSR count). The molecule has 4 heterocycles. The monoisotopic (exact) mass is 931 g/mol. The zero-order valence-electron chi connectivity index (χ0n) is 41.4. The van der Waals surface area contributed by atoms with Gasteiger partial charge >= 0.3 is 6.85 Å². The number of aromatic nitrogens is 1. The van der Waals surface area contributed by atoms with E-state index in [0.717, 1.165) is 17.1 Å². The van der Waals surface area contributed by atoms with E-state index in [9.17, 15) is 0 Å². The SMILES string of the molecule is CC(C)(C)c1ccc(N2c3cc4c(cc3B3c5c(cc(N(c6ccccc6)c6ccccc6)cc52)-c2cccc5c6c(n3c25)C(C)(C)c2ccccc2-6)C(C)(C)c2ccccc2S4)c(-c2ccccc2)c1. The molecule has 5 heteroatoms. The van der Waals surface area contributed by atoms with Crippen LogP contribution in [0.1, 0.15) is 76.4 Å². The zero-order chi connectivity index (χ0) is 48.1. The molecule has 0 radical (unpaired) electrons. The predicted molar refractivity (Wildman–Crippen MR) is 302 cm³/mol. The summed E-state index contributed by atoms with van der Waals surface area (Å²) in [5, 5.41) is 1.33. The van der Waals surface area contributed by atoms with Crippen LogP contribution < -0.4 is 20.7 Å². The molecule has 0 saturated carbocycles. The second-order valence-electron chi connectivity index (χ2n) is 22.1. The van der Waals surface area contributed by atoms with Gasteiger partial charge in [0, 0.05) is 82.3 Å². The van der Waals surface area contributed by atoms with E-state index >= 15 is 0 Å². The van der Waals surface area contributed by atoms with Gasteiger partial charge in [-0.3, -0.25) is 0 Å². The maximum Gasteiger partial charge on any atom is 0.332 e. The molecule has 1 aliphatic carbocycles. The molecule has 0 saturated heterocycles. The lowest BCUT2D eigenvalue weighted by atomic mass is 9.44. The predicted octanol–water partition coefficient (Wildman–Crippen LogP) is 16.6. The van der Waals surface area contributed by atoms with Crippen LogP contribution in [0.15, 0.2) is 210 Å². The molecule has 3 nitrogen and oxygen atoms in total. The highest BCUT2D eigenvalue weighted by Crippen LogP contribution is 2.58. The number of fused-ring (bicyclic) bond motifs is 11. The van der Waals surface area contributed by atoms with Crippen LogP contribution in [0.2, 0.25) is 0 Å². The first-order valence-corrected chi connectivity index (χ1v) is 26.0. The molecule has 0 fully saturated rings. The molecular weight excluding hydrogens is 878 g/mol. The van der Waals surface area contributed by atoms with Gasteiger partial charge in [-0.15, -0.1) is 0 Å². The van der Waals surface area contributed by atoms with Crippen molar-refractivity contribution >= 4 is 74.6 Å². The van der Waals surface area contributed by atoms with Gasteiger partial charge < -0.3 is 14.3 Å². The maximum atomic E-state index is 2.82. The van der Waals surface area contributed by atoms with Crippen LogP contribution in [0.5, 0.6) is 0 Å². The summed E-state index contributed by atoms with van der Waals surface area (Å²) in [4.78, 5) is 7.76. The second-order valence-corrected chi connectivity index (χ2v) is 23.2. The van der Waals surface area contributed by atoms with Gasteiger partial charge in [0.2, 0.25) is 0 Å². The highest BCUT2D eigenvalue weighted by atomic mass is 32.2. The summed E-state index contributed by atoms with van der Waals surface area (Å²) in [6.07, 6.45) is 0. The van der Waals surface area contributed by atoms with Gasteiger partial charge in [-0.25, -0.2) is 0 Å². The minimum atomic E-state index is -0.250. The minimum absolute atomic E-state index is 0.0547. The molecule has 71 heavy (non-hydrogen) atoms. The average Bonchev–Trinajstić information content (AvgIpc) is 3.86. The summed E-state index contributed by atoms with van der Waals surface area (Å²) in [6.45, 7) is 16.7. The van der Waals surface area contributed by atoms with Crippen LogP contribution in [-0.4, -0.2) is 11.3 Å². The van der Waals surface area contributed by atoms with E-state index in [1.807, 2.05) is 11.8 Å². The van der Waals surface area contributed by atoms with Crippen molar-refractivity contribution < 1.29 is 0 Å². The van der Waals surface area contributed by atoms with Gasteiger partial charge in [0.1, 0.15) is 0 Å². The number of anilines is 6. The van der Waals surface area contributed by atoms with Crippen LogP contribution in [0.25, 0.3) is 44.3 Å². The largest absolute Gasteiger partial charge is 0.378 e. The lowest BCUT2D eigenvalue weighted by Crippen LogP contribution is -2.58. The smallest absolute Gasteiger partial charge is 0.332 e. The Labute approximate surface area is 422 Å². The van der Waals surface area contributed by atoms with E-state index in [0.29, 0.717) is 0 Å². The summed E-state index contributed by atoms with van der Waals surface area (Å²) in [7, 11) is 0. The fourth-order valence-corrected chi connectivity index (χ4v) is 14.3. The van der Waals surface area contributed by atoms with Gasteiger partial charge in [0.05, 0.1) is 5.69 Å². The lowest BCUT2D eigenvalue weighted by Gasteiger charge is -2.44. The molecular formula is C66H54BN3S. The average molecular weight is 932 g/mol. The molecule has 4 aliphatic rings. The van der Waals surface area contributed by atoms with Gasteiger partial charge in [0.15, 0.2) is 0 Å². The molecule has 3 aliphatic heterocycles. The van der Waals surface area contributed by atoms with Crippen molar-refractivity contribution in [3.63, 3.8) is 0 Å². The first-order valence-electron chi connectivity index (χ1n) is 25.2. The Bertz CT molecular complexity index is 3800. The van der Waals surface area contributed by atoms with Crippen LogP contribution in [0.4, 0.5) is 34.1 Å². The topological polar surface area (TPSA) is 11.4 Å². The highest BCUT2D eigenvalue weighted by molar-refractivity contribution is 7.99. The Morgan fingerprint density at radius 3 is 1.85 bits per heavy atom. The Morgan fingerprint density at radius 2 is 1.13 bits per heavy atom. The summed E-state index contributed by atoms with van der Waals surface area (Å²) in [6, 6.07) is 75.8. The van der Waals surface area contributed by atoms with Crippen molar-refractivity contribution in [2.45, 2.75) is 74.5 Å².